The first-order valence-electron chi connectivity index (χ1n) is 5.59. The second-order valence-corrected chi connectivity index (χ2v) is 4.04. The Morgan fingerprint density at radius 1 is 1.35 bits per heavy atom. The summed E-state index contributed by atoms with van der Waals surface area (Å²) in [7, 11) is 2.94. The van der Waals surface area contributed by atoms with Gasteiger partial charge in [-0.2, -0.15) is 0 Å². The molecule has 0 spiro atoms. The van der Waals surface area contributed by atoms with Crippen molar-refractivity contribution in [3.05, 3.63) is 12.3 Å². The predicted octanol–water partition coefficient (Wildman–Crippen LogP) is 2.02. The summed E-state index contributed by atoms with van der Waals surface area (Å²) in [5.74, 6) is 0.793. The Hall–Kier alpha value is -2.16. The van der Waals surface area contributed by atoms with E-state index in [0.717, 1.165) is 0 Å². The fourth-order valence-corrected chi connectivity index (χ4v) is 1.65. The standard InChI is InChI=1S/C11H15N3O5S/c1-4-19-10(15)13-11(16)20-14-7-5-9(18-3)12-6-8(7)17-2/h5-6H,4H2,1-3H3,(H,12,14)(H,13,15,16). The maximum atomic E-state index is 11.5. The smallest absolute Gasteiger partial charge is 0.414 e. The van der Waals surface area contributed by atoms with Crippen LogP contribution in [-0.2, 0) is 4.74 Å². The third-order valence-electron chi connectivity index (χ3n) is 2.00. The van der Waals surface area contributed by atoms with E-state index in [2.05, 4.69) is 14.4 Å². The van der Waals surface area contributed by atoms with Crippen LogP contribution < -0.4 is 19.5 Å². The summed E-state index contributed by atoms with van der Waals surface area (Å²) in [5.41, 5.74) is 0.489. The number of rotatable bonds is 5. The largest absolute Gasteiger partial charge is 0.493 e. The highest BCUT2D eigenvalue weighted by Gasteiger charge is 2.11. The summed E-state index contributed by atoms with van der Waals surface area (Å²) in [4.78, 5) is 26.5. The molecule has 0 unspecified atom stereocenters. The zero-order valence-corrected chi connectivity index (χ0v) is 12.1. The fourth-order valence-electron chi connectivity index (χ4n) is 1.16. The normalized spacial score (nSPS) is 9.55. The van der Waals surface area contributed by atoms with Gasteiger partial charge < -0.3 is 18.9 Å². The molecule has 0 saturated carbocycles. The first-order valence-corrected chi connectivity index (χ1v) is 6.41. The lowest BCUT2D eigenvalue weighted by molar-refractivity contribution is 0.155. The lowest BCUT2D eigenvalue weighted by atomic mass is 10.4. The number of alkyl carbamates (subject to hydrolysis) is 1. The molecule has 0 atom stereocenters. The molecule has 20 heavy (non-hydrogen) atoms. The van der Waals surface area contributed by atoms with Crippen LogP contribution in [0.15, 0.2) is 12.3 Å². The Labute approximate surface area is 120 Å². The van der Waals surface area contributed by atoms with Crippen molar-refractivity contribution >= 4 is 29.0 Å². The maximum Gasteiger partial charge on any atom is 0.414 e. The van der Waals surface area contributed by atoms with Crippen molar-refractivity contribution in [2.45, 2.75) is 6.92 Å². The molecular weight excluding hydrogens is 286 g/mol. The van der Waals surface area contributed by atoms with Crippen molar-refractivity contribution in [3.8, 4) is 11.6 Å². The molecule has 0 aliphatic rings. The Morgan fingerprint density at radius 2 is 2.10 bits per heavy atom. The van der Waals surface area contributed by atoms with E-state index < -0.39 is 11.3 Å². The minimum Gasteiger partial charge on any atom is -0.493 e. The SMILES string of the molecule is CCOC(=O)NC(=O)SNc1cc(OC)ncc1OC. The van der Waals surface area contributed by atoms with E-state index in [-0.39, 0.29) is 6.61 Å². The fraction of sp³-hybridized carbons (Fsp3) is 0.364. The highest BCUT2D eigenvalue weighted by atomic mass is 32.2. The summed E-state index contributed by atoms with van der Waals surface area (Å²) in [5, 5.41) is 1.42. The number of anilines is 1. The van der Waals surface area contributed by atoms with Crippen LogP contribution in [-0.4, -0.2) is 37.1 Å². The number of nitrogens with zero attached hydrogens (tertiary/aromatic N) is 1. The highest BCUT2D eigenvalue weighted by molar-refractivity contribution is 8.14. The summed E-state index contributed by atoms with van der Waals surface area (Å²) in [6.45, 7) is 1.83. The molecule has 2 amide bonds. The van der Waals surface area contributed by atoms with Gasteiger partial charge in [0, 0.05) is 18.0 Å². The number of pyridine rings is 1. The Morgan fingerprint density at radius 3 is 2.70 bits per heavy atom. The molecule has 110 valence electrons. The molecule has 1 aromatic heterocycles. The van der Waals surface area contributed by atoms with E-state index in [1.165, 1.54) is 20.4 Å². The lowest BCUT2D eigenvalue weighted by Crippen LogP contribution is -2.28. The maximum absolute atomic E-state index is 11.5. The van der Waals surface area contributed by atoms with Crippen LogP contribution >= 0.6 is 11.9 Å². The number of hydrogen-bond acceptors (Lipinski definition) is 8. The van der Waals surface area contributed by atoms with Crippen molar-refractivity contribution in [2.75, 3.05) is 25.5 Å². The Balaban J connectivity index is 2.60. The molecule has 2 N–H and O–H groups in total. The third-order valence-corrected chi connectivity index (χ3v) is 2.61. The van der Waals surface area contributed by atoms with E-state index in [4.69, 9.17) is 9.47 Å². The van der Waals surface area contributed by atoms with Crippen molar-refractivity contribution in [2.24, 2.45) is 0 Å². The summed E-state index contributed by atoms with van der Waals surface area (Å²) in [6.07, 6.45) is 0.649. The van der Waals surface area contributed by atoms with Gasteiger partial charge in [0.15, 0.2) is 5.75 Å². The Kier molecular flexibility index (Phi) is 6.44. The van der Waals surface area contributed by atoms with E-state index in [1.54, 1.807) is 13.0 Å². The van der Waals surface area contributed by atoms with Crippen LogP contribution in [0.3, 0.4) is 0 Å². The number of ether oxygens (including phenoxy) is 3. The van der Waals surface area contributed by atoms with Crippen LogP contribution in [0.1, 0.15) is 6.92 Å². The minimum absolute atomic E-state index is 0.187. The number of nitrogens with one attached hydrogen (secondary N) is 2. The van der Waals surface area contributed by atoms with Gasteiger partial charge in [0.2, 0.25) is 5.88 Å². The van der Waals surface area contributed by atoms with Gasteiger partial charge in [-0.05, 0) is 6.92 Å². The second-order valence-electron chi connectivity index (χ2n) is 3.26. The number of hydrogen-bond donors (Lipinski definition) is 2. The molecule has 9 heteroatoms. The van der Waals surface area contributed by atoms with Crippen LogP contribution in [0.25, 0.3) is 0 Å². The lowest BCUT2D eigenvalue weighted by Gasteiger charge is -2.10. The molecule has 0 fully saturated rings. The van der Waals surface area contributed by atoms with Gasteiger partial charge in [-0.25, -0.2) is 9.78 Å². The number of imide groups is 1. The van der Waals surface area contributed by atoms with Crippen LogP contribution in [0.5, 0.6) is 11.6 Å². The number of carbonyl (C=O) groups excluding carboxylic acids is 2. The predicted molar refractivity (Wildman–Crippen MR) is 74.1 cm³/mol. The average molecular weight is 301 g/mol. The molecule has 1 aromatic rings. The Bertz CT molecular complexity index is 483. The molecule has 0 radical (unpaired) electrons. The molecule has 0 aromatic carbocycles. The van der Waals surface area contributed by atoms with Gasteiger partial charge in [0.05, 0.1) is 32.7 Å². The minimum atomic E-state index is -0.800. The quantitative estimate of drug-likeness (QED) is 0.797. The molecule has 8 nitrogen and oxygen atoms in total. The van der Waals surface area contributed by atoms with Crippen molar-refractivity contribution in [3.63, 3.8) is 0 Å². The number of carbonyl (C=O) groups is 2. The highest BCUT2D eigenvalue weighted by Crippen LogP contribution is 2.28. The van der Waals surface area contributed by atoms with Crippen molar-refractivity contribution in [1.82, 2.24) is 10.3 Å². The molecule has 1 rings (SSSR count). The van der Waals surface area contributed by atoms with E-state index in [0.29, 0.717) is 29.3 Å². The van der Waals surface area contributed by atoms with E-state index in [9.17, 15) is 9.59 Å². The van der Waals surface area contributed by atoms with Gasteiger partial charge in [-0.3, -0.25) is 10.1 Å². The first-order chi connectivity index (χ1) is 9.60. The van der Waals surface area contributed by atoms with Crippen LogP contribution in [0, 0.1) is 0 Å². The molecule has 1 heterocycles. The van der Waals surface area contributed by atoms with E-state index >= 15 is 0 Å². The molecule has 0 bridgehead atoms. The molecule has 0 aliphatic carbocycles. The number of amides is 2. The summed E-state index contributed by atoms with van der Waals surface area (Å²) in [6, 6.07) is 1.56. The second kappa shape index (κ2) is 8.10. The van der Waals surface area contributed by atoms with Gasteiger partial charge in [0.1, 0.15) is 0 Å². The van der Waals surface area contributed by atoms with Crippen molar-refractivity contribution < 1.29 is 23.8 Å². The summed E-state index contributed by atoms with van der Waals surface area (Å²) < 4.78 is 17.4. The molecule has 0 saturated heterocycles. The average Bonchev–Trinajstić information content (AvgIpc) is 2.44. The topological polar surface area (TPSA) is 98.8 Å². The number of methoxy groups -OCH3 is 2. The molecular formula is C11H15N3O5S. The summed E-state index contributed by atoms with van der Waals surface area (Å²) >= 11 is 0.668. The van der Waals surface area contributed by atoms with Gasteiger partial charge >= 0.3 is 11.3 Å². The molecule has 0 aliphatic heterocycles. The first kappa shape index (κ1) is 15.9. The third kappa shape index (κ3) is 4.84. The monoisotopic (exact) mass is 301 g/mol. The van der Waals surface area contributed by atoms with Crippen molar-refractivity contribution in [1.29, 1.82) is 0 Å². The zero-order chi connectivity index (χ0) is 15.0. The van der Waals surface area contributed by atoms with Gasteiger partial charge in [-0.1, -0.05) is 0 Å². The number of aromatic nitrogens is 1. The van der Waals surface area contributed by atoms with Gasteiger partial charge in [-0.15, -0.1) is 0 Å². The zero-order valence-electron chi connectivity index (χ0n) is 11.3. The van der Waals surface area contributed by atoms with E-state index in [1.807, 2.05) is 5.32 Å². The van der Waals surface area contributed by atoms with Crippen LogP contribution in [0.2, 0.25) is 0 Å². The van der Waals surface area contributed by atoms with Gasteiger partial charge in [0.25, 0.3) is 0 Å². The van der Waals surface area contributed by atoms with Crippen LogP contribution in [0.4, 0.5) is 15.3 Å².